The molecule has 1 amide bonds. The molecular formula is C30H39N7O3. The second kappa shape index (κ2) is 14.1. The molecule has 0 unspecified atom stereocenters. The third kappa shape index (κ3) is 7.30. The van der Waals surface area contributed by atoms with Crippen LogP contribution in [-0.2, 0) is 26.1 Å². The van der Waals surface area contributed by atoms with Crippen molar-refractivity contribution in [1.82, 2.24) is 14.9 Å². The van der Waals surface area contributed by atoms with Gasteiger partial charge in [0.1, 0.15) is 5.82 Å². The van der Waals surface area contributed by atoms with Crippen LogP contribution in [0.3, 0.4) is 0 Å². The number of aryl methyl sites for hydroxylation is 1. The molecule has 0 spiro atoms. The maximum atomic E-state index is 13.0. The number of amides is 1. The van der Waals surface area contributed by atoms with E-state index in [-0.39, 0.29) is 5.57 Å². The first-order chi connectivity index (χ1) is 19.5. The molecule has 10 heteroatoms. The highest BCUT2D eigenvalue weighted by atomic mass is 16.5. The van der Waals surface area contributed by atoms with E-state index in [1.165, 1.54) is 0 Å². The van der Waals surface area contributed by atoms with Crippen LogP contribution in [0.25, 0.3) is 0 Å². The molecule has 1 saturated heterocycles. The first-order valence-electron chi connectivity index (χ1n) is 13.9. The number of aromatic nitrogens is 2. The number of anilines is 2. The predicted molar refractivity (Wildman–Crippen MR) is 154 cm³/mol. The number of allylic oxidation sites excluding steroid dienone is 1. The lowest BCUT2D eigenvalue weighted by molar-refractivity contribution is -0.112. The summed E-state index contributed by atoms with van der Waals surface area (Å²) in [5.41, 5.74) is 2.44. The molecule has 1 aliphatic heterocycles. The zero-order valence-electron chi connectivity index (χ0n) is 23.4. The Balaban J connectivity index is 1.36. The highest BCUT2D eigenvalue weighted by Crippen LogP contribution is 2.40. The maximum absolute atomic E-state index is 13.0. The molecule has 0 atom stereocenters. The SMILES string of the molecule is COCCCc1ccc(N/C(C)=C(\C=N)C(=O)Nc2ccc([C@]3(C#N)CC[C@@H](N4CCOCC4)CC3)nc2)nc1. The summed E-state index contributed by atoms with van der Waals surface area (Å²) in [5, 5.41) is 23.9. The number of ether oxygens (including phenoxy) is 2. The second-order valence-electron chi connectivity index (χ2n) is 10.4. The summed E-state index contributed by atoms with van der Waals surface area (Å²) in [5.74, 6) is 0.169. The van der Waals surface area contributed by atoms with Gasteiger partial charge in [-0.2, -0.15) is 5.26 Å². The molecule has 2 aromatic rings. The van der Waals surface area contributed by atoms with Crippen LogP contribution >= 0.6 is 0 Å². The Hall–Kier alpha value is -3.65. The average molecular weight is 546 g/mol. The zero-order valence-corrected chi connectivity index (χ0v) is 23.4. The van der Waals surface area contributed by atoms with Gasteiger partial charge in [0.15, 0.2) is 0 Å². The summed E-state index contributed by atoms with van der Waals surface area (Å²) in [7, 11) is 1.69. The summed E-state index contributed by atoms with van der Waals surface area (Å²) < 4.78 is 10.6. The first kappa shape index (κ1) is 29.3. The molecule has 3 heterocycles. The molecule has 2 fully saturated rings. The minimum absolute atomic E-state index is 0.185. The number of hydrogen-bond donors (Lipinski definition) is 3. The van der Waals surface area contributed by atoms with Crippen molar-refractivity contribution in [3.05, 3.63) is 59.2 Å². The smallest absolute Gasteiger partial charge is 0.259 e. The van der Waals surface area contributed by atoms with Crippen LogP contribution in [0, 0.1) is 16.7 Å². The zero-order chi connectivity index (χ0) is 28.4. The third-order valence-electron chi connectivity index (χ3n) is 7.84. The van der Waals surface area contributed by atoms with Crippen LogP contribution in [0.4, 0.5) is 11.5 Å². The maximum Gasteiger partial charge on any atom is 0.259 e. The van der Waals surface area contributed by atoms with Crippen LogP contribution in [0.1, 0.15) is 50.3 Å². The van der Waals surface area contributed by atoms with E-state index >= 15 is 0 Å². The number of hydrogen-bond acceptors (Lipinski definition) is 9. The Morgan fingerprint density at radius 2 is 1.98 bits per heavy atom. The second-order valence-corrected chi connectivity index (χ2v) is 10.4. The molecule has 2 aromatic heterocycles. The molecule has 0 radical (unpaired) electrons. The van der Waals surface area contributed by atoms with Crippen LogP contribution in [0.2, 0.25) is 0 Å². The molecule has 2 aliphatic rings. The van der Waals surface area contributed by atoms with Gasteiger partial charge in [0, 0.05) is 51.0 Å². The van der Waals surface area contributed by atoms with E-state index in [9.17, 15) is 10.1 Å². The van der Waals surface area contributed by atoms with Gasteiger partial charge in [-0.3, -0.25) is 14.7 Å². The van der Waals surface area contributed by atoms with Crippen molar-refractivity contribution in [2.24, 2.45) is 0 Å². The Bertz CT molecular complexity index is 1210. The van der Waals surface area contributed by atoms with E-state index in [0.29, 0.717) is 29.9 Å². The minimum atomic E-state index is -0.613. The lowest BCUT2D eigenvalue weighted by atomic mass is 9.71. The van der Waals surface area contributed by atoms with Gasteiger partial charge in [0.2, 0.25) is 0 Å². The summed E-state index contributed by atoms with van der Waals surface area (Å²) in [6.07, 6.45) is 9.65. The molecule has 3 N–H and O–H groups in total. The largest absolute Gasteiger partial charge is 0.385 e. The van der Waals surface area contributed by atoms with Gasteiger partial charge in [0.25, 0.3) is 5.91 Å². The number of nitrogens with one attached hydrogen (secondary N) is 3. The Morgan fingerprint density at radius 1 is 1.20 bits per heavy atom. The van der Waals surface area contributed by atoms with E-state index in [2.05, 4.69) is 31.6 Å². The number of nitrogens with zero attached hydrogens (tertiary/aromatic N) is 4. The summed E-state index contributed by atoms with van der Waals surface area (Å²) in [6, 6.07) is 10.5. The minimum Gasteiger partial charge on any atom is -0.385 e. The van der Waals surface area contributed by atoms with Gasteiger partial charge < -0.3 is 25.5 Å². The van der Waals surface area contributed by atoms with Crippen molar-refractivity contribution in [2.45, 2.75) is 56.9 Å². The Kier molecular flexibility index (Phi) is 10.4. The van der Waals surface area contributed by atoms with E-state index in [1.807, 2.05) is 18.2 Å². The number of nitriles is 1. The topological polar surface area (TPSA) is 136 Å². The van der Waals surface area contributed by atoms with Crippen LogP contribution in [-0.4, -0.2) is 73.1 Å². The molecular weight excluding hydrogens is 506 g/mol. The van der Waals surface area contributed by atoms with Crippen LogP contribution in [0.5, 0.6) is 0 Å². The lowest BCUT2D eigenvalue weighted by Crippen LogP contribution is -2.47. The summed E-state index contributed by atoms with van der Waals surface area (Å²) >= 11 is 0. The van der Waals surface area contributed by atoms with Gasteiger partial charge >= 0.3 is 0 Å². The van der Waals surface area contributed by atoms with Crippen molar-refractivity contribution in [3.8, 4) is 6.07 Å². The van der Waals surface area contributed by atoms with E-state index in [4.69, 9.17) is 14.9 Å². The fourth-order valence-corrected chi connectivity index (χ4v) is 5.45. The number of morpholine rings is 1. The fraction of sp³-hybridized carbons (Fsp3) is 0.500. The number of pyridine rings is 2. The summed E-state index contributed by atoms with van der Waals surface area (Å²) in [6.45, 7) is 5.90. The molecule has 0 bridgehead atoms. The van der Waals surface area contributed by atoms with Crippen molar-refractivity contribution < 1.29 is 14.3 Å². The molecule has 212 valence electrons. The highest BCUT2D eigenvalue weighted by molar-refractivity contribution is 6.17. The molecule has 40 heavy (non-hydrogen) atoms. The van der Waals surface area contributed by atoms with Gasteiger partial charge in [-0.25, -0.2) is 4.98 Å². The van der Waals surface area contributed by atoms with Crippen LogP contribution in [0.15, 0.2) is 47.9 Å². The van der Waals surface area contributed by atoms with Gasteiger partial charge in [-0.1, -0.05) is 6.07 Å². The first-order valence-corrected chi connectivity index (χ1v) is 13.9. The van der Waals surface area contributed by atoms with Crippen LogP contribution < -0.4 is 10.6 Å². The lowest BCUT2D eigenvalue weighted by Gasteiger charge is -2.41. The molecule has 1 aliphatic carbocycles. The normalized spacial score (nSPS) is 22.1. The number of carbonyl (C=O) groups excluding carboxylic acids is 1. The monoisotopic (exact) mass is 545 g/mol. The molecule has 0 aromatic carbocycles. The van der Waals surface area contributed by atoms with E-state index in [1.54, 1.807) is 32.5 Å². The molecule has 4 rings (SSSR count). The van der Waals surface area contributed by atoms with E-state index < -0.39 is 11.3 Å². The van der Waals surface area contributed by atoms with E-state index in [0.717, 1.165) is 82.3 Å². The number of methoxy groups -OCH3 is 1. The molecule has 1 saturated carbocycles. The summed E-state index contributed by atoms with van der Waals surface area (Å²) in [4.78, 5) is 24.5. The average Bonchev–Trinajstić information content (AvgIpc) is 2.99. The van der Waals surface area contributed by atoms with Crippen molar-refractivity contribution in [3.63, 3.8) is 0 Å². The highest BCUT2D eigenvalue weighted by Gasteiger charge is 2.40. The quantitative estimate of drug-likeness (QED) is 0.218. The molecule has 10 nitrogen and oxygen atoms in total. The number of rotatable bonds is 11. The number of carbonyl (C=O) groups is 1. The standard InChI is InChI=1S/C30H39N7O3/c1-22(35-28-8-5-23(19-34-28)4-3-15-39-2)26(18-31)29(38)36-24-6-7-27(33-20-24)30(21-32)11-9-25(10-12-30)37-13-16-40-17-14-37/h5-8,18-20,25,31H,3-4,9-17H2,1-2H3,(H,34,35)(H,36,38)/b26-22+,31-18?/t25-,30-. The van der Waals surface area contributed by atoms with Gasteiger partial charge in [0.05, 0.1) is 47.8 Å². The predicted octanol–water partition coefficient (Wildman–Crippen LogP) is 4.07. The third-order valence-corrected chi connectivity index (χ3v) is 7.84. The van der Waals surface area contributed by atoms with Gasteiger partial charge in [-0.15, -0.1) is 0 Å². The Labute approximate surface area is 236 Å². The van der Waals surface area contributed by atoms with Crippen molar-refractivity contribution >= 4 is 23.6 Å². The Morgan fingerprint density at radius 3 is 2.58 bits per heavy atom. The van der Waals surface area contributed by atoms with Gasteiger partial charge in [-0.05, 0) is 69.2 Å². The van der Waals surface area contributed by atoms with Crippen molar-refractivity contribution in [1.29, 1.82) is 10.7 Å². The van der Waals surface area contributed by atoms with Crippen molar-refractivity contribution in [2.75, 3.05) is 50.7 Å². The fourth-order valence-electron chi connectivity index (χ4n) is 5.45.